The Morgan fingerprint density at radius 3 is 2.13 bits per heavy atom. The smallest absolute Gasteiger partial charge is 0.350 e. The minimum absolute atomic E-state index is 0.139. The zero-order valence-corrected chi connectivity index (χ0v) is 9.23. The van der Waals surface area contributed by atoms with Crippen molar-refractivity contribution in [1.82, 2.24) is 0 Å². The zero-order valence-electron chi connectivity index (χ0n) is 7.44. The maximum absolute atomic E-state index is 10.2. The van der Waals surface area contributed by atoms with Crippen LogP contribution in [0.15, 0.2) is 0 Å². The Morgan fingerprint density at radius 1 is 1.07 bits per heavy atom. The fourth-order valence-corrected chi connectivity index (χ4v) is 1.04. The van der Waals surface area contributed by atoms with Crippen molar-refractivity contribution < 1.29 is 37.8 Å². The van der Waals surface area contributed by atoms with Gasteiger partial charge in [-0.05, 0) is 6.42 Å². The van der Waals surface area contributed by atoms with Crippen LogP contribution in [-0.4, -0.2) is 26.2 Å². The van der Waals surface area contributed by atoms with E-state index in [0.717, 1.165) is 0 Å². The van der Waals surface area contributed by atoms with Crippen LogP contribution in [0, 0.1) is 12.0 Å². The van der Waals surface area contributed by atoms with Crippen molar-refractivity contribution in [3.8, 4) is 12.0 Å². The third-order valence-corrected chi connectivity index (χ3v) is 1.79. The summed E-state index contributed by atoms with van der Waals surface area (Å²) in [5, 5.41) is 0. The molecule has 0 rings (SSSR count). The van der Waals surface area contributed by atoms with Crippen molar-refractivity contribution in [2.45, 2.75) is 12.8 Å². The van der Waals surface area contributed by atoms with E-state index in [0.29, 0.717) is 0 Å². The van der Waals surface area contributed by atoms with Crippen molar-refractivity contribution in [3.05, 3.63) is 0 Å². The lowest BCUT2D eigenvalue weighted by Crippen LogP contribution is -1.91. The topological polar surface area (TPSA) is 134 Å². The molecule has 10 heteroatoms. The number of phosphoric ester groups is 2. The van der Waals surface area contributed by atoms with Gasteiger partial charge in [-0.3, -0.25) is 14.3 Å². The molecule has 0 radical (unpaired) electrons. The largest absolute Gasteiger partial charge is 0.533 e. The molecule has 0 heterocycles. The summed E-state index contributed by atoms with van der Waals surface area (Å²) >= 11 is 0. The molecular formula is C5H10O8P2. The van der Waals surface area contributed by atoms with Gasteiger partial charge < -0.3 is 14.3 Å². The van der Waals surface area contributed by atoms with E-state index in [-0.39, 0.29) is 19.4 Å². The third-order valence-electron chi connectivity index (χ3n) is 0.942. The number of rotatable bonds is 5. The minimum Gasteiger partial charge on any atom is -0.350 e. The number of hydrogen-bond donors (Lipinski definition) is 4. The summed E-state index contributed by atoms with van der Waals surface area (Å²) in [6.45, 7) is -0.200. The Labute approximate surface area is 85.7 Å². The second kappa shape index (κ2) is 6.26. The molecule has 0 spiro atoms. The van der Waals surface area contributed by atoms with Gasteiger partial charge in [-0.25, -0.2) is 9.13 Å². The SMILES string of the molecule is O=P(O)(O)OC#CCCCOP(=O)(O)O. The molecule has 0 aromatic carbocycles. The minimum atomic E-state index is -4.58. The first kappa shape index (κ1) is 14.6. The molecule has 0 atom stereocenters. The van der Waals surface area contributed by atoms with Gasteiger partial charge in [0.1, 0.15) is 6.11 Å². The van der Waals surface area contributed by atoms with E-state index in [9.17, 15) is 9.13 Å². The van der Waals surface area contributed by atoms with E-state index < -0.39 is 15.6 Å². The predicted octanol–water partition coefficient (Wildman–Crippen LogP) is -0.0539. The molecular weight excluding hydrogens is 250 g/mol. The van der Waals surface area contributed by atoms with Crippen molar-refractivity contribution >= 4 is 15.6 Å². The van der Waals surface area contributed by atoms with Crippen molar-refractivity contribution in [2.75, 3.05) is 6.61 Å². The Balaban J connectivity index is 3.55. The first-order valence-corrected chi connectivity index (χ1v) is 6.69. The van der Waals surface area contributed by atoms with Gasteiger partial charge >= 0.3 is 15.6 Å². The highest BCUT2D eigenvalue weighted by atomic mass is 31.2. The van der Waals surface area contributed by atoms with Gasteiger partial charge in [0.05, 0.1) is 6.61 Å². The molecule has 0 bridgehead atoms. The summed E-state index contributed by atoms with van der Waals surface area (Å²) in [4.78, 5) is 32.9. The van der Waals surface area contributed by atoms with Gasteiger partial charge in [-0.15, -0.1) is 0 Å². The molecule has 0 unspecified atom stereocenters. The predicted molar refractivity (Wildman–Crippen MR) is 48.1 cm³/mol. The maximum atomic E-state index is 10.2. The molecule has 8 nitrogen and oxygen atoms in total. The maximum Gasteiger partial charge on any atom is 0.533 e. The quantitative estimate of drug-likeness (QED) is 0.307. The lowest BCUT2D eigenvalue weighted by molar-refractivity contribution is 0.196. The van der Waals surface area contributed by atoms with Gasteiger partial charge in [0.15, 0.2) is 0 Å². The highest BCUT2D eigenvalue weighted by molar-refractivity contribution is 7.46. The van der Waals surface area contributed by atoms with Crippen LogP contribution in [0.5, 0.6) is 0 Å². The number of phosphoric acid groups is 2. The second-order valence-electron chi connectivity index (χ2n) is 2.29. The lowest BCUT2D eigenvalue weighted by Gasteiger charge is -2.02. The van der Waals surface area contributed by atoms with Gasteiger partial charge in [-0.1, -0.05) is 5.92 Å². The molecule has 0 aliphatic rings. The molecule has 0 fully saturated rings. The van der Waals surface area contributed by atoms with E-state index in [1.807, 2.05) is 0 Å². The Kier molecular flexibility index (Phi) is 6.10. The van der Waals surface area contributed by atoms with Crippen LogP contribution in [0.3, 0.4) is 0 Å². The first-order valence-electron chi connectivity index (χ1n) is 3.63. The molecule has 0 saturated heterocycles. The van der Waals surface area contributed by atoms with Crippen LogP contribution in [0.4, 0.5) is 0 Å². The molecule has 0 aromatic rings. The van der Waals surface area contributed by atoms with Gasteiger partial charge in [0.25, 0.3) is 0 Å². The summed E-state index contributed by atoms with van der Waals surface area (Å²) in [7, 11) is -9.03. The van der Waals surface area contributed by atoms with E-state index in [4.69, 9.17) is 19.6 Å². The fraction of sp³-hybridized carbons (Fsp3) is 0.600. The van der Waals surface area contributed by atoms with Gasteiger partial charge in [0.2, 0.25) is 0 Å². The first-order chi connectivity index (χ1) is 6.71. The summed E-state index contributed by atoms with van der Waals surface area (Å²) in [6.07, 6.45) is 2.11. The van der Waals surface area contributed by atoms with E-state index >= 15 is 0 Å². The standard InChI is InChI=1S/C5H10O8P2/c6-14(7,8)12-4-2-1-3-5-13-15(9,10)11/h1-2,4H2,(H2,6,7,8)(H2,9,10,11). The Bertz CT molecular complexity index is 329. The lowest BCUT2D eigenvalue weighted by atomic mass is 10.3. The number of unbranched alkanes of at least 4 members (excludes halogenated alkanes) is 1. The molecule has 0 saturated carbocycles. The van der Waals surface area contributed by atoms with Gasteiger partial charge in [-0.2, -0.15) is 0 Å². The molecule has 0 aliphatic heterocycles. The third kappa shape index (κ3) is 13.6. The molecule has 0 aromatic heterocycles. The summed E-state index contributed by atoms with van der Waals surface area (Å²) in [5.41, 5.74) is 0. The highest BCUT2D eigenvalue weighted by Crippen LogP contribution is 2.36. The molecule has 0 aliphatic carbocycles. The molecule has 4 N–H and O–H groups in total. The molecule has 15 heavy (non-hydrogen) atoms. The summed E-state index contributed by atoms with van der Waals surface area (Å²) < 4.78 is 28.1. The number of hydrogen-bond acceptors (Lipinski definition) is 4. The van der Waals surface area contributed by atoms with E-state index in [2.05, 4.69) is 15.0 Å². The van der Waals surface area contributed by atoms with Crippen LogP contribution in [0.25, 0.3) is 0 Å². The highest BCUT2D eigenvalue weighted by Gasteiger charge is 2.13. The van der Waals surface area contributed by atoms with Crippen molar-refractivity contribution in [3.63, 3.8) is 0 Å². The van der Waals surface area contributed by atoms with Crippen LogP contribution in [0.2, 0.25) is 0 Å². The Morgan fingerprint density at radius 2 is 1.67 bits per heavy atom. The average molecular weight is 260 g/mol. The zero-order chi connectivity index (χ0) is 11.9. The molecule has 0 amide bonds. The summed E-state index contributed by atoms with van der Waals surface area (Å²) in [6, 6.07) is 0. The Hall–Kier alpha value is -0.380. The average Bonchev–Trinajstić information content (AvgIpc) is 1.98. The van der Waals surface area contributed by atoms with E-state index in [1.165, 1.54) is 0 Å². The second-order valence-corrected chi connectivity index (χ2v) is 4.69. The van der Waals surface area contributed by atoms with Gasteiger partial charge in [0, 0.05) is 6.42 Å². The molecule has 88 valence electrons. The van der Waals surface area contributed by atoms with E-state index in [1.54, 1.807) is 6.11 Å². The van der Waals surface area contributed by atoms with Crippen LogP contribution in [-0.2, 0) is 18.2 Å². The fourth-order valence-electron chi connectivity index (χ4n) is 0.487. The van der Waals surface area contributed by atoms with Crippen LogP contribution < -0.4 is 0 Å². The van der Waals surface area contributed by atoms with Crippen LogP contribution >= 0.6 is 15.6 Å². The van der Waals surface area contributed by atoms with Crippen LogP contribution in [0.1, 0.15) is 12.8 Å². The summed E-state index contributed by atoms with van der Waals surface area (Å²) in [5.74, 6) is 2.23. The normalized spacial score (nSPS) is 11.7. The monoisotopic (exact) mass is 260 g/mol. The van der Waals surface area contributed by atoms with Crippen molar-refractivity contribution in [2.24, 2.45) is 0 Å². The van der Waals surface area contributed by atoms with Crippen molar-refractivity contribution in [1.29, 1.82) is 0 Å².